The second-order valence-electron chi connectivity index (χ2n) is 23.7. The van der Waals surface area contributed by atoms with Gasteiger partial charge in [-0.1, -0.05) is 38.8 Å². The van der Waals surface area contributed by atoms with Crippen LogP contribution < -0.4 is 25.0 Å². The third-order valence-electron chi connectivity index (χ3n) is 16.0. The highest BCUT2D eigenvalue weighted by atomic mass is 31.2. The maximum absolute atomic E-state index is 12.7. The Morgan fingerprint density at radius 3 is 1.28 bits per heavy atom. The molecule has 0 unspecified atom stereocenters. The van der Waals surface area contributed by atoms with Crippen LogP contribution >= 0.6 is 23.5 Å². The molecule has 33 nitrogen and oxygen atoms in total. The zero-order valence-corrected chi connectivity index (χ0v) is 56.9. The molecule has 0 spiro atoms. The summed E-state index contributed by atoms with van der Waals surface area (Å²) in [5.41, 5.74) is 17.8. The zero-order chi connectivity index (χ0) is 72.4. The monoisotopic (exact) mass is 1440 g/mol. The number of unbranched alkanes of at least 4 members (excludes halogenated alkanes) is 2. The van der Waals surface area contributed by atoms with Gasteiger partial charge in [-0.15, -0.1) is 10.1 Å². The van der Waals surface area contributed by atoms with Crippen molar-refractivity contribution in [2.75, 3.05) is 11.5 Å². The van der Waals surface area contributed by atoms with E-state index in [0.29, 0.717) is 96.9 Å². The molecule has 6 heterocycles. The van der Waals surface area contributed by atoms with Crippen molar-refractivity contribution in [3.8, 4) is 23.0 Å². The fourth-order valence-corrected chi connectivity index (χ4v) is 12.6. The fraction of sp³-hybridized carbons (Fsp3) is 0.375. The average Bonchev–Trinajstić information content (AvgIpc) is 1.57. The number of hydrogen-bond donors (Lipinski definition) is 9. The largest absolute Gasteiger partial charge is 0.524 e. The molecule has 0 atom stereocenters. The number of rotatable bonds is 32. The van der Waals surface area contributed by atoms with Crippen LogP contribution in [0.15, 0.2) is 72.8 Å². The molecule has 0 bridgehead atoms. The molecular formula is C64H73N10O23P3. The first-order chi connectivity index (χ1) is 47.3. The zero-order valence-electron chi connectivity index (χ0n) is 54.2. The number of imidazole rings is 2. The van der Waals surface area contributed by atoms with Crippen molar-refractivity contribution in [1.29, 1.82) is 0 Å². The van der Waals surface area contributed by atoms with Crippen LogP contribution in [0.25, 0.3) is 43.9 Å². The molecule has 11 N–H and O–H groups in total. The van der Waals surface area contributed by atoms with E-state index in [1.54, 1.807) is 22.8 Å². The number of amides is 4. The van der Waals surface area contributed by atoms with E-state index in [0.717, 1.165) is 48.9 Å². The second kappa shape index (κ2) is 32.2. The van der Waals surface area contributed by atoms with Gasteiger partial charge in [-0.25, -0.2) is 43.2 Å². The Morgan fingerprint density at radius 2 is 0.880 bits per heavy atom. The van der Waals surface area contributed by atoms with Crippen molar-refractivity contribution >= 4 is 126 Å². The van der Waals surface area contributed by atoms with Crippen LogP contribution in [0, 0.1) is 0 Å². The van der Waals surface area contributed by atoms with Crippen LogP contribution in [0.3, 0.4) is 0 Å². The van der Waals surface area contributed by atoms with Gasteiger partial charge in [0.2, 0.25) is 0 Å². The number of ketones is 2. The number of benzene rings is 4. The number of Topliss-reactive ketones (excluding diaryl/α,β-unsaturated/α-hetero) is 2. The first-order valence-corrected chi connectivity index (χ1v) is 36.4. The Bertz CT molecular complexity index is 4640. The summed E-state index contributed by atoms with van der Waals surface area (Å²) in [4.78, 5) is 181. The molecular weight excluding hydrogens is 1370 g/mol. The predicted molar refractivity (Wildman–Crippen MR) is 356 cm³/mol. The minimum absolute atomic E-state index is 0.00353. The Balaban J connectivity index is 0.000000234. The first-order valence-electron chi connectivity index (χ1n) is 31.8. The maximum Gasteiger partial charge on any atom is 0.524 e. The van der Waals surface area contributed by atoms with E-state index in [2.05, 4.69) is 9.97 Å². The number of fused-ring (bicyclic) bond motifs is 6. The van der Waals surface area contributed by atoms with E-state index < -0.39 is 59.0 Å². The number of nitrogen functional groups attached to an aromatic ring is 2. The number of imide groups is 2. The standard InChI is InChI=1S/C32H37N5O13P2.C32H36N5O10P/c1-2-3-6-26-35-30-31(36(26)18-20-17-22(49-51(42,43)44)11-13-25(20)50-52(45,46)47)23-16-19(9-12-24(23)34-32(30)33)8-10-21(38)5-4-7-29(41)48-37-27(39)14-15-28(37)40;1-2-3-6-26-35-30-31(36(26)18-20-17-22(39)11-13-25(20)47-48(43,44)45)23-16-19(9-12-24(23)34-32(30)33)8-10-21(38)5-4-7-29(42)46-37-27(40)14-15-28(37)41/h9,11-13,16-17H,2-8,10,14-15,18H2,1H3,(H2,33,34)(H2,42,43,44)(H2,45,46,47);9,11-13,16-17,39H,2-8,10,14-15,18H2,1H3,(H2,33,34)(H2,43,44,45). The molecule has 4 aromatic carbocycles. The van der Waals surface area contributed by atoms with Gasteiger partial charge in [0.15, 0.2) is 11.6 Å². The van der Waals surface area contributed by atoms with Gasteiger partial charge < -0.3 is 49.0 Å². The van der Waals surface area contributed by atoms with Gasteiger partial charge in [0, 0.05) is 98.9 Å². The number of carbonyl (C=O) groups excluding carboxylic acids is 8. The van der Waals surface area contributed by atoms with Crippen molar-refractivity contribution in [3.05, 3.63) is 107 Å². The number of phenolic OH excluding ortho intramolecular Hbond substituents is 1. The molecule has 0 saturated carbocycles. The minimum Gasteiger partial charge on any atom is -0.508 e. The van der Waals surface area contributed by atoms with Crippen molar-refractivity contribution in [1.82, 2.24) is 39.2 Å². The number of aromatic hydroxyl groups is 1. The van der Waals surface area contributed by atoms with E-state index in [4.69, 9.17) is 44.7 Å². The van der Waals surface area contributed by atoms with E-state index >= 15 is 0 Å². The lowest BCUT2D eigenvalue weighted by Crippen LogP contribution is -2.32. The lowest BCUT2D eigenvalue weighted by molar-refractivity contribution is -0.197. The molecule has 10 rings (SSSR count). The molecule has 2 aliphatic heterocycles. The molecule has 36 heteroatoms. The fourth-order valence-electron chi connectivity index (χ4n) is 11.3. The lowest BCUT2D eigenvalue weighted by Gasteiger charge is -2.17. The number of phenols is 1. The van der Waals surface area contributed by atoms with Gasteiger partial charge in [0.05, 0.1) is 35.2 Å². The number of nitrogens with two attached hydrogens (primary N) is 2. The minimum atomic E-state index is -5.06. The summed E-state index contributed by atoms with van der Waals surface area (Å²) >= 11 is 0. The van der Waals surface area contributed by atoms with Crippen LogP contribution in [0.4, 0.5) is 11.6 Å². The molecule has 2 aliphatic rings. The number of pyridine rings is 2. The third-order valence-corrected chi connectivity index (χ3v) is 17.4. The van der Waals surface area contributed by atoms with Crippen molar-refractivity contribution in [2.45, 2.75) is 155 Å². The van der Waals surface area contributed by atoms with Crippen molar-refractivity contribution < 1.29 is 110 Å². The van der Waals surface area contributed by atoms with Gasteiger partial charge in [-0.05, 0) is 110 Å². The highest BCUT2D eigenvalue weighted by Gasteiger charge is 2.35. The second-order valence-corrected chi connectivity index (χ2v) is 27.2. The SMILES string of the molecule is CCCCc1nc2c(N)nc3ccc(CCC(=O)CCCC(=O)ON4C(=O)CCC4=O)cc3c2n1Cc1cc(O)ccc1OP(=O)(O)O.CCCCc1nc2c(N)nc3ccc(CCC(=O)CCCC(=O)ON4C(=O)CCC4=O)cc3c2n1Cc1cc(OP(=O)(O)O)ccc1OP(=O)(O)O. The summed E-state index contributed by atoms with van der Waals surface area (Å²) in [5.74, 6) is -3.21. The van der Waals surface area contributed by atoms with Crippen LogP contribution in [-0.4, -0.2) is 121 Å². The van der Waals surface area contributed by atoms with Crippen LogP contribution in [0.1, 0.15) is 150 Å². The Labute approximate surface area is 569 Å². The number of carbonyl (C=O) groups is 8. The summed E-state index contributed by atoms with van der Waals surface area (Å²) in [6, 6.07) is 18.3. The summed E-state index contributed by atoms with van der Waals surface area (Å²) in [7, 11) is -14.9. The Hall–Kier alpha value is -9.55. The highest BCUT2D eigenvalue weighted by molar-refractivity contribution is 7.47. The van der Waals surface area contributed by atoms with E-state index in [9.17, 15) is 86.5 Å². The molecule has 0 radical (unpaired) electrons. The summed E-state index contributed by atoms with van der Waals surface area (Å²) in [6.45, 7) is 3.94. The molecule has 2 saturated heterocycles. The Kier molecular flexibility index (Phi) is 24.0. The van der Waals surface area contributed by atoms with Crippen molar-refractivity contribution in [2.24, 2.45) is 0 Å². The average molecular weight is 1440 g/mol. The topological polar surface area (TPSA) is 495 Å². The lowest BCUT2D eigenvalue weighted by atomic mass is 10.0. The maximum atomic E-state index is 12.7. The summed E-state index contributed by atoms with van der Waals surface area (Å²) < 4.78 is 53.3. The molecule has 100 heavy (non-hydrogen) atoms. The van der Waals surface area contributed by atoms with Crippen molar-refractivity contribution in [3.63, 3.8) is 0 Å². The molecule has 532 valence electrons. The molecule has 2 fully saturated rings. The number of anilines is 2. The smallest absolute Gasteiger partial charge is 0.508 e. The molecule has 0 aliphatic carbocycles. The summed E-state index contributed by atoms with van der Waals surface area (Å²) in [5, 5.41) is 12.5. The van der Waals surface area contributed by atoms with Gasteiger partial charge in [-0.3, -0.25) is 58.1 Å². The first kappa shape index (κ1) is 74.7. The number of aryl methyl sites for hydroxylation is 4. The van der Waals surface area contributed by atoms with Gasteiger partial charge in [-0.2, -0.15) is 0 Å². The normalized spacial score (nSPS) is 13.6. The van der Waals surface area contributed by atoms with Crippen LogP contribution in [0.2, 0.25) is 0 Å². The number of nitrogens with zero attached hydrogens (tertiary/aromatic N) is 8. The van der Waals surface area contributed by atoms with Crippen LogP contribution in [0.5, 0.6) is 23.0 Å². The van der Waals surface area contributed by atoms with E-state index in [1.165, 1.54) is 24.3 Å². The van der Waals surface area contributed by atoms with E-state index in [-0.39, 0.29) is 142 Å². The number of phosphoric acid groups is 3. The highest BCUT2D eigenvalue weighted by Crippen LogP contribution is 2.45. The van der Waals surface area contributed by atoms with E-state index in [1.807, 2.05) is 36.6 Å². The predicted octanol–water partition coefficient (Wildman–Crippen LogP) is 7.79. The third kappa shape index (κ3) is 19.7. The summed E-state index contributed by atoms with van der Waals surface area (Å²) in [6.07, 6.45) is 5.62. The number of phosphoric ester groups is 3. The number of aromatic nitrogens is 6. The van der Waals surface area contributed by atoms with Gasteiger partial charge in [0.1, 0.15) is 57.2 Å². The quantitative estimate of drug-likeness (QED) is 0.0143. The van der Waals surface area contributed by atoms with Gasteiger partial charge in [0.25, 0.3) is 23.6 Å². The molecule has 4 aromatic heterocycles. The number of hydroxylamine groups is 4. The number of hydrogen-bond acceptors (Lipinski definition) is 23. The van der Waals surface area contributed by atoms with Gasteiger partial charge >= 0.3 is 35.4 Å². The Morgan fingerprint density at radius 1 is 0.480 bits per heavy atom. The van der Waals surface area contributed by atoms with Crippen LogP contribution in [-0.2, 0) is 100 Å². The molecule has 4 amide bonds. The molecule has 8 aromatic rings.